The summed E-state index contributed by atoms with van der Waals surface area (Å²) in [7, 11) is -4.52. The largest absolute Gasteiger partial charge is 0.508 e. The quantitative estimate of drug-likeness (QED) is 0.652. The lowest BCUT2D eigenvalue weighted by Crippen LogP contribution is -2.16. The van der Waals surface area contributed by atoms with Gasteiger partial charge in [0.05, 0.1) is 0 Å². The first kappa shape index (κ1) is 16.1. The summed E-state index contributed by atoms with van der Waals surface area (Å²) in [5, 5.41) is 7.76. The lowest BCUT2D eigenvalue weighted by Gasteiger charge is -2.14. The molecular formula is C15H13FO5S. The first-order valence-corrected chi connectivity index (χ1v) is 7.81. The van der Waals surface area contributed by atoms with E-state index in [0.29, 0.717) is 0 Å². The highest BCUT2D eigenvalue weighted by Gasteiger charge is 2.28. The Bertz CT molecular complexity index is 767. The summed E-state index contributed by atoms with van der Waals surface area (Å²) in [6, 6.07) is 9.82. The highest BCUT2D eigenvalue weighted by Crippen LogP contribution is 2.28. The number of hydrogen-bond donors (Lipinski definition) is 2. The SMILES string of the molecule is O=C(CC(c1ccc(O)cc1)S(=O)(=O)O)c1ccc(F)cc1. The lowest BCUT2D eigenvalue weighted by atomic mass is 10.0. The number of Topliss-reactive ketones (excluding diaryl/α,β-unsaturated/α-hetero) is 1. The molecule has 22 heavy (non-hydrogen) atoms. The normalized spacial score (nSPS) is 12.8. The van der Waals surface area contributed by atoms with Gasteiger partial charge in [-0.2, -0.15) is 8.42 Å². The van der Waals surface area contributed by atoms with Crippen molar-refractivity contribution >= 4 is 15.9 Å². The molecule has 0 aliphatic rings. The molecule has 2 N–H and O–H groups in total. The van der Waals surface area contributed by atoms with Crippen LogP contribution in [0.25, 0.3) is 0 Å². The third kappa shape index (κ3) is 3.90. The summed E-state index contributed by atoms with van der Waals surface area (Å²) in [6.07, 6.45) is -0.491. The Labute approximate surface area is 126 Å². The number of phenolic OH excluding ortho intramolecular Hbond substituents is 1. The van der Waals surface area contributed by atoms with E-state index in [0.717, 1.165) is 12.1 Å². The van der Waals surface area contributed by atoms with E-state index in [-0.39, 0.29) is 16.9 Å². The molecule has 2 aromatic carbocycles. The maximum atomic E-state index is 12.8. The minimum atomic E-state index is -4.52. The van der Waals surface area contributed by atoms with Gasteiger partial charge in [-0.3, -0.25) is 9.35 Å². The average molecular weight is 324 g/mol. The van der Waals surface area contributed by atoms with Gasteiger partial charge in [0.25, 0.3) is 10.1 Å². The third-order valence-electron chi connectivity index (χ3n) is 3.16. The van der Waals surface area contributed by atoms with Gasteiger partial charge in [-0.15, -0.1) is 0 Å². The number of carbonyl (C=O) groups excluding carboxylic acids is 1. The molecule has 0 saturated heterocycles. The Morgan fingerprint density at radius 1 is 1.05 bits per heavy atom. The first-order valence-electron chi connectivity index (χ1n) is 6.31. The third-order valence-corrected chi connectivity index (χ3v) is 4.32. The van der Waals surface area contributed by atoms with Crippen molar-refractivity contribution in [2.45, 2.75) is 11.7 Å². The number of aromatic hydroxyl groups is 1. The predicted octanol–water partition coefficient (Wildman–Crippen LogP) is 2.73. The molecular weight excluding hydrogens is 311 g/mol. The molecule has 0 heterocycles. The van der Waals surface area contributed by atoms with Crippen LogP contribution in [-0.4, -0.2) is 23.9 Å². The van der Waals surface area contributed by atoms with Crippen molar-refractivity contribution in [3.05, 3.63) is 65.5 Å². The standard InChI is InChI=1S/C15H13FO5S/c16-12-5-1-10(2-6-12)14(18)9-15(22(19,20)21)11-3-7-13(17)8-4-11/h1-8,15,17H,9H2,(H,19,20,21). The van der Waals surface area contributed by atoms with Crippen LogP contribution < -0.4 is 0 Å². The molecule has 0 spiro atoms. The van der Waals surface area contributed by atoms with Crippen LogP contribution >= 0.6 is 0 Å². The van der Waals surface area contributed by atoms with Crippen molar-refractivity contribution in [1.29, 1.82) is 0 Å². The molecule has 0 saturated carbocycles. The Kier molecular flexibility index (Phi) is 4.58. The molecule has 7 heteroatoms. The van der Waals surface area contributed by atoms with Gasteiger partial charge in [-0.05, 0) is 42.0 Å². The summed E-state index contributed by atoms with van der Waals surface area (Å²) in [4.78, 5) is 12.1. The molecule has 0 aromatic heterocycles. The molecule has 116 valence electrons. The van der Waals surface area contributed by atoms with Gasteiger partial charge in [-0.1, -0.05) is 12.1 Å². The molecule has 0 fully saturated rings. The van der Waals surface area contributed by atoms with Crippen LogP contribution in [0, 0.1) is 5.82 Å². The van der Waals surface area contributed by atoms with Crippen molar-refractivity contribution in [1.82, 2.24) is 0 Å². The second kappa shape index (κ2) is 6.25. The summed E-state index contributed by atoms with van der Waals surface area (Å²) < 4.78 is 45.2. The second-order valence-corrected chi connectivity index (χ2v) is 6.33. The van der Waals surface area contributed by atoms with E-state index in [9.17, 15) is 27.3 Å². The molecule has 2 rings (SSSR count). The maximum Gasteiger partial charge on any atom is 0.272 e. The lowest BCUT2D eigenvalue weighted by molar-refractivity contribution is 0.0979. The zero-order valence-corrected chi connectivity index (χ0v) is 12.1. The zero-order chi connectivity index (χ0) is 16.3. The topological polar surface area (TPSA) is 91.7 Å². The van der Waals surface area contributed by atoms with Gasteiger partial charge in [0, 0.05) is 12.0 Å². The van der Waals surface area contributed by atoms with Crippen LogP contribution in [0.15, 0.2) is 48.5 Å². The van der Waals surface area contributed by atoms with E-state index in [1.807, 2.05) is 0 Å². The Morgan fingerprint density at radius 3 is 2.09 bits per heavy atom. The Hall–Kier alpha value is -2.25. The monoisotopic (exact) mass is 324 g/mol. The number of carbonyl (C=O) groups is 1. The van der Waals surface area contributed by atoms with Crippen LogP contribution in [0.5, 0.6) is 5.75 Å². The second-order valence-electron chi connectivity index (χ2n) is 4.73. The summed E-state index contributed by atoms with van der Waals surface area (Å²) in [5.41, 5.74) is 0.324. The van der Waals surface area contributed by atoms with Crippen LogP contribution in [-0.2, 0) is 10.1 Å². The molecule has 2 aromatic rings. The summed E-state index contributed by atoms with van der Waals surface area (Å²) >= 11 is 0. The van der Waals surface area contributed by atoms with Crippen molar-refractivity contribution in [3.63, 3.8) is 0 Å². The fourth-order valence-corrected chi connectivity index (χ4v) is 2.87. The first-order chi connectivity index (χ1) is 10.3. The Balaban J connectivity index is 2.29. The minimum absolute atomic E-state index is 0.0669. The minimum Gasteiger partial charge on any atom is -0.508 e. The van der Waals surface area contributed by atoms with Gasteiger partial charge in [-0.25, -0.2) is 4.39 Å². The van der Waals surface area contributed by atoms with E-state index in [4.69, 9.17) is 0 Å². The van der Waals surface area contributed by atoms with Crippen molar-refractivity contribution < 1.29 is 27.3 Å². The van der Waals surface area contributed by atoms with E-state index in [1.54, 1.807) is 0 Å². The molecule has 0 amide bonds. The van der Waals surface area contributed by atoms with Crippen LogP contribution in [0.3, 0.4) is 0 Å². The highest BCUT2D eigenvalue weighted by atomic mass is 32.2. The smallest absolute Gasteiger partial charge is 0.272 e. The number of benzene rings is 2. The van der Waals surface area contributed by atoms with Gasteiger partial charge >= 0.3 is 0 Å². The van der Waals surface area contributed by atoms with Gasteiger partial charge in [0.1, 0.15) is 16.8 Å². The molecule has 1 unspecified atom stereocenters. The zero-order valence-electron chi connectivity index (χ0n) is 11.3. The fourth-order valence-electron chi connectivity index (χ4n) is 2.01. The van der Waals surface area contributed by atoms with E-state index in [1.165, 1.54) is 36.4 Å². The maximum absolute atomic E-state index is 12.8. The van der Waals surface area contributed by atoms with Crippen molar-refractivity contribution in [2.75, 3.05) is 0 Å². The number of hydrogen-bond acceptors (Lipinski definition) is 4. The Morgan fingerprint density at radius 2 is 1.59 bits per heavy atom. The van der Waals surface area contributed by atoms with Crippen LogP contribution in [0.1, 0.15) is 27.6 Å². The predicted molar refractivity (Wildman–Crippen MR) is 77.7 cm³/mol. The van der Waals surface area contributed by atoms with E-state index >= 15 is 0 Å². The van der Waals surface area contributed by atoms with Crippen molar-refractivity contribution in [2.24, 2.45) is 0 Å². The number of ketones is 1. The molecule has 1 atom stereocenters. The molecule has 0 radical (unpaired) electrons. The molecule has 0 aliphatic carbocycles. The summed E-state index contributed by atoms with van der Waals surface area (Å²) in [5.74, 6) is -1.13. The number of rotatable bonds is 5. The van der Waals surface area contributed by atoms with Gasteiger partial charge < -0.3 is 5.11 Å². The van der Waals surface area contributed by atoms with Crippen LogP contribution in [0.2, 0.25) is 0 Å². The average Bonchev–Trinajstić information content (AvgIpc) is 2.45. The molecule has 5 nitrogen and oxygen atoms in total. The number of halogens is 1. The van der Waals surface area contributed by atoms with E-state index in [2.05, 4.69) is 0 Å². The fraction of sp³-hybridized carbons (Fsp3) is 0.133. The van der Waals surface area contributed by atoms with Crippen LogP contribution in [0.4, 0.5) is 4.39 Å². The summed E-state index contributed by atoms with van der Waals surface area (Å²) in [6.45, 7) is 0. The van der Waals surface area contributed by atoms with Gasteiger partial charge in [0.15, 0.2) is 5.78 Å². The van der Waals surface area contributed by atoms with Gasteiger partial charge in [0.2, 0.25) is 0 Å². The molecule has 0 aliphatic heterocycles. The highest BCUT2D eigenvalue weighted by molar-refractivity contribution is 7.86. The molecule has 0 bridgehead atoms. The van der Waals surface area contributed by atoms with Crippen molar-refractivity contribution in [3.8, 4) is 5.75 Å². The number of phenols is 1. The van der Waals surface area contributed by atoms with E-state index < -0.39 is 33.4 Å².